The molecular weight excluding hydrogens is 310 g/mol. The summed E-state index contributed by atoms with van der Waals surface area (Å²) >= 11 is 0. The highest BCUT2D eigenvalue weighted by molar-refractivity contribution is 7.87. The number of nitro groups is 1. The Kier molecular flexibility index (Phi) is 4.22. The lowest BCUT2D eigenvalue weighted by Gasteiger charge is -2.07. The molecule has 0 amide bonds. The van der Waals surface area contributed by atoms with Crippen molar-refractivity contribution >= 4 is 21.6 Å². The van der Waals surface area contributed by atoms with Crippen molar-refractivity contribution in [3.05, 3.63) is 64.2 Å². The maximum absolute atomic E-state index is 12.1. The van der Waals surface area contributed by atoms with Crippen LogP contribution in [-0.4, -0.2) is 19.1 Å². The summed E-state index contributed by atoms with van der Waals surface area (Å²) in [4.78, 5) is 20.9. The summed E-state index contributed by atoms with van der Waals surface area (Å²) in [5, 5.41) is 10.7. The van der Waals surface area contributed by atoms with E-state index >= 15 is 0 Å². The lowest BCUT2D eigenvalue weighted by molar-refractivity contribution is -0.385. The molecule has 0 aliphatic carbocycles. The van der Waals surface area contributed by atoms with Gasteiger partial charge in [-0.25, -0.2) is 0 Å². The van der Waals surface area contributed by atoms with Gasteiger partial charge in [-0.2, -0.15) is 8.42 Å². The van der Waals surface area contributed by atoms with Gasteiger partial charge in [-0.3, -0.25) is 14.9 Å². The molecule has 0 bridgehead atoms. The predicted octanol–water partition coefficient (Wildman–Crippen LogP) is 2.57. The van der Waals surface area contributed by atoms with Crippen LogP contribution in [0.25, 0.3) is 0 Å². The zero-order valence-electron chi connectivity index (χ0n) is 11.4. The molecule has 0 atom stereocenters. The highest BCUT2D eigenvalue weighted by Crippen LogP contribution is 2.22. The first-order valence-electron chi connectivity index (χ1n) is 6.09. The highest BCUT2D eigenvalue weighted by Gasteiger charge is 2.20. The number of hydrogen-bond acceptors (Lipinski definition) is 6. The number of hydrogen-bond donors (Lipinski definition) is 0. The quantitative estimate of drug-likeness (QED) is 0.363. The minimum absolute atomic E-state index is 0.0424. The summed E-state index contributed by atoms with van der Waals surface area (Å²) in [7, 11) is -4.23. The first-order valence-corrected chi connectivity index (χ1v) is 7.50. The second-order valence-electron chi connectivity index (χ2n) is 4.38. The standard InChI is InChI=1S/C14H11NO6S/c1-10(16)11-4-2-6-13(8-11)21-22(19,20)14-7-3-5-12(9-14)15(17)18/h2-9H,1H3. The van der Waals surface area contributed by atoms with E-state index in [1.807, 2.05) is 0 Å². The second-order valence-corrected chi connectivity index (χ2v) is 5.92. The van der Waals surface area contributed by atoms with E-state index in [0.717, 1.165) is 6.07 Å². The molecular formula is C14H11NO6S. The van der Waals surface area contributed by atoms with Crippen molar-refractivity contribution < 1.29 is 22.3 Å². The van der Waals surface area contributed by atoms with Crippen molar-refractivity contribution in [2.24, 2.45) is 0 Å². The SMILES string of the molecule is CC(=O)c1cccc(OS(=O)(=O)c2cccc([N+](=O)[O-])c2)c1. The normalized spacial score (nSPS) is 11.0. The van der Waals surface area contributed by atoms with Gasteiger partial charge in [-0.05, 0) is 25.1 Å². The molecule has 0 N–H and O–H groups in total. The minimum Gasteiger partial charge on any atom is -0.379 e. The topological polar surface area (TPSA) is 104 Å². The Labute approximate surface area is 126 Å². The Morgan fingerprint density at radius 1 is 1.14 bits per heavy atom. The summed E-state index contributed by atoms with van der Waals surface area (Å²) in [5.41, 5.74) is -0.0612. The number of carbonyl (C=O) groups is 1. The molecule has 0 unspecified atom stereocenters. The summed E-state index contributed by atoms with van der Waals surface area (Å²) in [5.74, 6) is -0.280. The van der Waals surface area contributed by atoms with Gasteiger partial charge in [-0.15, -0.1) is 0 Å². The molecule has 2 aromatic carbocycles. The second kappa shape index (κ2) is 5.94. The van der Waals surface area contributed by atoms with Crippen molar-refractivity contribution in [1.82, 2.24) is 0 Å². The van der Waals surface area contributed by atoms with E-state index in [0.29, 0.717) is 5.56 Å². The molecule has 8 heteroatoms. The Morgan fingerprint density at radius 2 is 1.82 bits per heavy atom. The van der Waals surface area contributed by atoms with Gasteiger partial charge in [-0.1, -0.05) is 18.2 Å². The van der Waals surface area contributed by atoms with Gasteiger partial charge < -0.3 is 4.18 Å². The molecule has 0 radical (unpaired) electrons. The van der Waals surface area contributed by atoms with Crippen LogP contribution in [0.5, 0.6) is 5.75 Å². The fourth-order valence-electron chi connectivity index (χ4n) is 1.69. The molecule has 0 aliphatic rings. The highest BCUT2D eigenvalue weighted by atomic mass is 32.2. The molecule has 2 aromatic rings. The molecule has 0 heterocycles. The third kappa shape index (κ3) is 3.47. The number of rotatable bonds is 5. The largest absolute Gasteiger partial charge is 0.379 e. The summed E-state index contributed by atoms with van der Waals surface area (Å²) in [6.45, 7) is 1.34. The number of benzene rings is 2. The van der Waals surface area contributed by atoms with Crippen molar-refractivity contribution in [3.8, 4) is 5.75 Å². The van der Waals surface area contributed by atoms with Crippen molar-refractivity contribution in [2.45, 2.75) is 11.8 Å². The Morgan fingerprint density at radius 3 is 2.45 bits per heavy atom. The van der Waals surface area contributed by atoms with Gasteiger partial charge in [0.05, 0.1) is 4.92 Å². The van der Waals surface area contributed by atoms with Crippen molar-refractivity contribution in [2.75, 3.05) is 0 Å². The number of Topliss-reactive ketones (excluding diaryl/α,β-unsaturated/α-hetero) is 1. The lowest BCUT2D eigenvalue weighted by atomic mass is 10.1. The first kappa shape index (κ1) is 15.6. The van der Waals surface area contributed by atoms with E-state index in [1.54, 1.807) is 0 Å². The van der Waals surface area contributed by atoms with Crippen molar-refractivity contribution in [1.29, 1.82) is 0 Å². The average molecular weight is 321 g/mol. The molecule has 0 fully saturated rings. The van der Waals surface area contributed by atoms with Gasteiger partial charge >= 0.3 is 10.1 Å². The van der Waals surface area contributed by atoms with E-state index in [9.17, 15) is 23.3 Å². The lowest BCUT2D eigenvalue weighted by Crippen LogP contribution is -2.10. The van der Waals surface area contributed by atoms with Crippen LogP contribution < -0.4 is 4.18 Å². The van der Waals surface area contributed by atoms with Crippen LogP contribution in [-0.2, 0) is 10.1 Å². The molecule has 0 saturated heterocycles. The molecule has 2 rings (SSSR count). The monoisotopic (exact) mass is 321 g/mol. The van der Waals surface area contributed by atoms with Crippen LogP contribution in [0.1, 0.15) is 17.3 Å². The van der Waals surface area contributed by atoms with E-state index in [2.05, 4.69) is 0 Å². The maximum Gasteiger partial charge on any atom is 0.339 e. The molecule has 7 nitrogen and oxygen atoms in total. The first-order chi connectivity index (χ1) is 10.3. The number of nitro benzene ring substituents is 1. The van der Waals surface area contributed by atoms with E-state index < -0.39 is 15.0 Å². The predicted molar refractivity (Wildman–Crippen MR) is 77.4 cm³/mol. The Bertz CT molecular complexity index is 844. The average Bonchev–Trinajstić information content (AvgIpc) is 2.47. The summed E-state index contributed by atoms with van der Waals surface area (Å²) < 4.78 is 29.2. The van der Waals surface area contributed by atoms with E-state index in [4.69, 9.17) is 4.18 Å². The van der Waals surface area contributed by atoms with E-state index in [1.165, 1.54) is 49.4 Å². The smallest absolute Gasteiger partial charge is 0.339 e. The zero-order valence-corrected chi connectivity index (χ0v) is 12.2. The van der Waals surface area contributed by atoms with Crippen LogP contribution in [0.4, 0.5) is 5.69 Å². The van der Waals surface area contributed by atoms with Crippen molar-refractivity contribution in [3.63, 3.8) is 0 Å². The van der Waals surface area contributed by atoms with Gasteiger partial charge in [0.1, 0.15) is 10.6 Å². The van der Waals surface area contributed by atoms with Crippen LogP contribution in [0, 0.1) is 10.1 Å². The van der Waals surface area contributed by atoms with Gasteiger partial charge in [0.25, 0.3) is 5.69 Å². The number of nitrogens with zero attached hydrogens (tertiary/aromatic N) is 1. The van der Waals surface area contributed by atoms with Crippen LogP contribution in [0.2, 0.25) is 0 Å². The molecule has 0 aromatic heterocycles. The molecule has 114 valence electrons. The van der Waals surface area contributed by atoms with Gasteiger partial charge in [0.15, 0.2) is 5.78 Å². The molecule has 0 saturated carbocycles. The molecule has 0 aliphatic heterocycles. The number of ketones is 1. The summed E-state index contributed by atoms with van der Waals surface area (Å²) in [6.07, 6.45) is 0. The third-order valence-electron chi connectivity index (χ3n) is 2.76. The van der Waals surface area contributed by atoms with Crippen LogP contribution in [0.15, 0.2) is 53.4 Å². The molecule has 0 spiro atoms. The van der Waals surface area contributed by atoms with Gasteiger partial charge in [0.2, 0.25) is 0 Å². The summed E-state index contributed by atoms with van der Waals surface area (Å²) in [6, 6.07) is 10.2. The minimum atomic E-state index is -4.23. The van der Waals surface area contributed by atoms with Crippen LogP contribution >= 0.6 is 0 Å². The fraction of sp³-hybridized carbons (Fsp3) is 0.0714. The van der Waals surface area contributed by atoms with E-state index in [-0.39, 0.29) is 22.1 Å². The van der Waals surface area contributed by atoms with Gasteiger partial charge in [0, 0.05) is 17.7 Å². The Hall–Kier alpha value is -2.74. The molecule has 22 heavy (non-hydrogen) atoms. The number of carbonyl (C=O) groups excluding carboxylic acids is 1. The Balaban J connectivity index is 2.35. The maximum atomic E-state index is 12.1. The number of non-ortho nitro benzene ring substituents is 1. The van der Waals surface area contributed by atoms with Crippen LogP contribution in [0.3, 0.4) is 0 Å². The fourth-order valence-corrected chi connectivity index (χ4v) is 2.66. The third-order valence-corrected chi connectivity index (χ3v) is 4.01. The zero-order chi connectivity index (χ0) is 16.3.